The molecule has 3 aromatic carbocycles. The van der Waals surface area contributed by atoms with Crippen molar-refractivity contribution < 1.29 is 22.7 Å². The summed E-state index contributed by atoms with van der Waals surface area (Å²) in [5.74, 6) is -1.69. The van der Waals surface area contributed by atoms with Crippen molar-refractivity contribution in [1.82, 2.24) is 10.6 Å². The first-order chi connectivity index (χ1) is 18.1. The van der Waals surface area contributed by atoms with E-state index in [1.54, 1.807) is 18.2 Å². The average Bonchev–Trinajstić information content (AvgIpc) is 3.62. The molecule has 1 unspecified atom stereocenters. The lowest BCUT2D eigenvalue weighted by atomic mass is 9.97. The summed E-state index contributed by atoms with van der Waals surface area (Å²) in [4.78, 5) is 27.2. The highest BCUT2D eigenvalue weighted by Gasteiger charge is 2.63. The maximum atomic E-state index is 13.6. The number of nitrogens with one attached hydrogen (secondary N) is 2. The topological polar surface area (TPSA) is 102 Å². The third kappa shape index (κ3) is 5.18. The van der Waals surface area contributed by atoms with Gasteiger partial charge >= 0.3 is 5.97 Å². The molecule has 1 saturated carbocycles. The predicted molar refractivity (Wildman–Crippen MR) is 145 cm³/mol. The Labute approximate surface area is 231 Å². The predicted octanol–water partition coefficient (Wildman–Crippen LogP) is 4.44. The summed E-state index contributed by atoms with van der Waals surface area (Å²) in [6.07, 6.45) is 2.01. The number of ether oxygens (including phenoxy) is 1. The number of hydrogen-bond donors (Lipinski definition) is 2. The fourth-order valence-electron chi connectivity index (χ4n) is 4.94. The number of carbonyl (C=O) groups excluding carboxylic acids is 2. The summed E-state index contributed by atoms with van der Waals surface area (Å²) in [5.41, 5.74) is 1.91. The summed E-state index contributed by atoms with van der Waals surface area (Å²) >= 11 is 13.2. The minimum absolute atomic E-state index is 0.0285. The van der Waals surface area contributed by atoms with Gasteiger partial charge in [-0.1, -0.05) is 65.7 Å². The Morgan fingerprint density at radius 2 is 1.87 bits per heavy atom. The fourth-order valence-corrected chi connectivity index (χ4v) is 6.38. The SMILES string of the molecule is CS(=O)(=O)c1cccc([C@@H]2CC2(NC(=O)c2c(Cl)cc3c(c2Cl)CCNC3)C(=O)OCc2ccccc2)c1. The summed E-state index contributed by atoms with van der Waals surface area (Å²) < 4.78 is 29.9. The zero-order valence-electron chi connectivity index (χ0n) is 20.6. The van der Waals surface area contributed by atoms with E-state index in [9.17, 15) is 18.0 Å². The molecule has 0 bridgehead atoms. The summed E-state index contributed by atoms with van der Waals surface area (Å²) in [6.45, 7) is 1.36. The van der Waals surface area contributed by atoms with Crippen molar-refractivity contribution in [3.8, 4) is 0 Å². The molecule has 1 amide bonds. The van der Waals surface area contributed by atoms with Crippen LogP contribution in [0, 0.1) is 0 Å². The minimum Gasteiger partial charge on any atom is -0.459 e. The molecular weight excluding hydrogens is 547 g/mol. The first kappa shape index (κ1) is 26.7. The average molecular weight is 573 g/mol. The first-order valence-electron chi connectivity index (χ1n) is 12.1. The summed E-state index contributed by atoms with van der Waals surface area (Å²) in [7, 11) is -3.46. The maximum Gasteiger partial charge on any atom is 0.332 e. The normalized spacial score (nSPS) is 20.3. The van der Waals surface area contributed by atoms with Crippen molar-refractivity contribution in [2.24, 2.45) is 0 Å². The number of fused-ring (bicyclic) bond motifs is 1. The van der Waals surface area contributed by atoms with Gasteiger partial charge in [0.15, 0.2) is 9.84 Å². The Morgan fingerprint density at radius 3 is 2.61 bits per heavy atom. The van der Waals surface area contributed by atoms with Gasteiger partial charge in [0.2, 0.25) is 0 Å². The Kier molecular flexibility index (Phi) is 7.26. The van der Waals surface area contributed by atoms with Gasteiger partial charge in [0.05, 0.1) is 20.5 Å². The van der Waals surface area contributed by atoms with Crippen LogP contribution in [-0.2, 0) is 38.9 Å². The van der Waals surface area contributed by atoms with Crippen LogP contribution in [0.15, 0.2) is 65.6 Å². The van der Waals surface area contributed by atoms with Crippen LogP contribution in [0.5, 0.6) is 0 Å². The summed E-state index contributed by atoms with van der Waals surface area (Å²) in [6, 6.07) is 17.3. The van der Waals surface area contributed by atoms with E-state index in [1.807, 2.05) is 30.3 Å². The Balaban J connectivity index is 1.47. The molecule has 2 atom stereocenters. The number of halogens is 2. The molecule has 198 valence electrons. The first-order valence-corrected chi connectivity index (χ1v) is 14.8. The van der Waals surface area contributed by atoms with E-state index in [0.717, 1.165) is 29.5 Å². The van der Waals surface area contributed by atoms with Crippen molar-refractivity contribution in [3.63, 3.8) is 0 Å². The minimum atomic E-state index is -3.46. The third-order valence-corrected chi connectivity index (χ3v) is 8.89. The van der Waals surface area contributed by atoms with Crippen LogP contribution in [0.3, 0.4) is 0 Å². The van der Waals surface area contributed by atoms with Gasteiger partial charge in [0.1, 0.15) is 12.1 Å². The zero-order valence-corrected chi connectivity index (χ0v) is 22.9. The number of sulfone groups is 1. The van der Waals surface area contributed by atoms with E-state index in [1.165, 1.54) is 12.1 Å². The monoisotopic (exact) mass is 572 g/mol. The Morgan fingerprint density at radius 1 is 1.11 bits per heavy atom. The lowest BCUT2D eigenvalue weighted by Gasteiger charge is -2.23. The number of amides is 1. The van der Waals surface area contributed by atoms with Crippen LogP contribution < -0.4 is 10.6 Å². The van der Waals surface area contributed by atoms with Crippen LogP contribution in [-0.4, -0.2) is 38.6 Å². The molecule has 1 heterocycles. The molecular formula is C28H26Cl2N2O5S. The quantitative estimate of drug-likeness (QED) is 0.406. The molecule has 0 spiro atoms. The molecule has 1 aliphatic heterocycles. The molecule has 2 N–H and O–H groups in total. The van der Waals surface area contributed by atoms with Gasteiger partial charge in [-0.2, -0.15) is 0 Å². The van der Waals surface area contributed by atoms with E-state index in [4.69, 9.17) is 27.9 Å². The number of rotatable bonds is 7. The van der Waals surface area contributed by atoms with Gasteiger partial charge in [0.25, 0.3) is 5.91 Å². The van der Waals surface area contributed by atoms with Gasteiger partial charge in [-0.25, -0.2) is 13.2 Å². The van der Waals surface area contributed by atoms with E-state index >= 15 is 0 Å². The second-order valence-corrected chi connectivity index (χ2v) is 12.5. The molecule has 5 rings (SSSR count). The van der Waals surface area contributed by atoms with E-state index in [0.29, 0.717) is 18.5 Å². The number of hydrogen-bond acceptors (Lipinski definition) is 6. The van der Waals surface area contributed by atoms with Crippen LogP contribution in [0.1, 0.15) is 45.0 Å². The number of esters is 1. The van der Waals surface area contributed by atoms with Crippen LogP contribution in [0.4, 0.5) is 0 Å². The van der Waals surface area contributed by atoms with E-state index in [2.05, 4.69) is 10.6 Å². The fraction of sp³-hybridized carbons (Fsp3) is 0.286. The molecule has 1 aliphatic carbocycles. The van der Waals surface area contributed by atoms with Crippen LogP contribution >= 0.6 is 23.2 Å². The van der Waals surface area contributed by atoms with Crippen molar-refractivity contribution in [2.75, 3.05) is 12.8 Å². The molecule has 3 aromatic rings. The highest BCUT2D eigenvalue weighted by Crippen LogP contribution is 2.53. The van der Waals surface area contributed by atoms with Gasteiger partial charge in [-0.3, -0.25) is 4.79 Å². The van der Waals surface area contributed by atoms with Crippen molar-refractivity contribution in [1.29, 1.82) is 0 Å². The lowest BCUT2D eigenvalue weighted by molar-refractivity contribution is -0.148. The van der Waals surface area contributed by atoms with Gasteiger partial charge in [-0.05, 0) is 59.8 Å². The van der Waals surface area contributed by atoms with Gasteiger partial charge in [0, 0.05) is 18.7 Å². The standard InChI is InChI=1S/C28H26Cl2N2O5S/c1-38(35,36)20-9-5-8-18(12-20)22-14-28(22,27(34)37-16-17-6-3-2-4-7-17)32-26(33)24-23(29)13-19-15-31-11-10-21(19)25(24)30/h2-9,12-13,22,31H,10-11,14-16H2,1H3,(H,32,33)/t22-,28?/m0/s1. The van der Waals surface area contributed by atoms with Crippen LogP contribution in [0.2, 0.25) is 10.0 Å². The largest absolute Gasteiger partial charge is 0.459 e. The highest BCUT2D eigenvalue weighted by molar-refractivity contribution is 7.90. The molecule has 10 heteroatoms. The Hall–Kier alpha value is -2.91. The third-order valence-electron chi connectivity index (χ3n) is 7.07. The van der Waals surface area contributed by atoms with Gasteiger partial charge in [-0.15, -0.1) is 0 Å². The zero-order chi connectivity index (χ0) is 27.1. The van der Waals surface area contributed by atoms with E-state index < -0.39 is 33.2 Å². The molecule has 2 aliphatic rings. The highest BCUT2D eigenvalue weighted by atomic mass is 35.5. The summed E-state index contributed by atoms with van der Waals surface area (Å²) in [5, 5.41) is 6.59. The number of benzene rings is 3. The molecule has 1 fully saturated rings. The number of carbonyl (C=O) groups is 2. The van der Waals surface area contributed by atoms with Crippen molar-refractivity contribution in [3.05, 3.63) is 98.5 Å². The Bertz CT molecular complexity index is 1530. The van der Waals surface area contributed by atoms with Crippen LogP contribution in [0.25, 0.3) is 0 Å². The molecule has 0 aromatic heterocycles. The molecule has 0 saturated heterocycles. The molecule has 0 radical (unpaired) electrons. The molecule has 7 nitrogen and oxygen atoms in total. The van der Waals surface area contributed by atoms with Gasteiger partial charge < -0.3 is 15.4 Å². The lowest BCUT2D eigenvalue weighted by Crippen LogP contribution is -2.46. The van der Waals surface area contributed by atoms with E-state index in [-0.39, 0.29) is 33.5 Å². The second-order valence-electron chi connectivity index (χ2n) is 9.70. The second kappa shape index (κ2) is 10.3. The smallest absolute Gasteiger partial charge is 0.332 e. The molecule has 38 heavy (non-hydrogen) atoms. The maximum absolute atomic E-state index is 13.6. The van der Waals surface area contributed by atoms with Crippen molar-refractivity contribution >= 4 is 44.9 Å². The van der Waals surface area contributed by atoms with Crippen molar-refractivity contribution in [2.45, 2.75) is 42.3 Å².